The number of rotatable bonds is 8. The van der Waals surface area contributed by atoms with E-state index in [2.05, 4.69) is 31.0 Å². The third-order valence-corrected chi connectivity index (χ3v) is 5.61. The van der Waals surface area contributed by atoms with Crippen molar-refractivity contribution >= 4 is 16.5 Å². The zero-order valence-electron chi connectivity index (χ0n) is 17.0. The van der Waals surface area contributed by atoms with Gasteiger partial charge in [0, 0.05) is 24.5 Å². The van der Waals surface area contributed by atoms with Crippen LogP contribution in [0.1, 0.15) is 51.5 Å². The topological polar surface area (TPSA) is 40.6 Å². The van der Waals surface area contributed by atoms with Gasteiger partial charge in [0.1, 0.15) is 11.5 Å². The maximum absolute atomic E-state index is 6.00. The van der Waals surface area contributed by atoms with Crippen molar-refractivity contribution in [2.75, 3.05) is 20.8 Å². The summed E-state index contributed by atoms with van der Waals surface area (Å²) in [5, 5.41) is 1.10. The largest absolute Gasteiger partial charge is 0.497 e. The van der Waals surface area contributed by atoms with Crippen molar-refractivity contribution in [3.63, 3.8) is 0 Å². The Bertz CT molecular complexity index is 800. The molecule has 0 N–H and O–H groups in total. The molecular formula is C23H31NO3. The molecule has 2 unspecified atom stereocenters. The van der Waals surface area contributed by atoms with Gasteiger partial charge in [-0.05, 0) is 55.9 Å². The lowest BCUT2D eigenvalue weighted by molar-refractivity contribution is 0.0597. The maximum atomic E-state index is 6.00. The summed E-state index contributed by atoms with van der Waals surface area (Å²) in [6, 6.07) is 6.05. The first-order valence-corrected chi connectivity index (χ1v) is 9.99. The van der Waals surface area contributed by atoms with E-state index in [9.17, 15) is 0 Å². The predicted molar refractivity (Wildman–Crippen MR) is 110 cm³/mol. The molecule has 2 atom stereocenters. The summed E-state index contributed by atoms with van der Waals surface area (Å²) in [4.78, 5) is 4.58. The van der Waals surface area contributed by atoms with Crippen molar-refractivity contribution in [3.05, 3.63) is 36.0 Å². The number of methoxy groups -OCH3 is 2. The highest BCUT2D eigenvalue weighted by atomic mass is 16.5. The Morgan fingerprint density at radius 3 is 2.81 bits per heavy atom. The Labute approximate surface area is 162 Å². The van der Waals surface area contributed by atoms with Gasteiger partial charge >= 0.3 is 0 Å². The number of hydrogen-bond acceptors (Lipinski definition) is 4. The molecule has 2 aromatic rings. The standard InChI is InChI=1S/C23H31NO3/c1-5-7-17(16(2)25-3)9-10-18-8-6-13-27-22-15-24-21-12-11-19(26-4)14-20(21)23(18)22/h8,11-12,14-17H,5-7,9-10,13H2,1-4H3. The Hall–Kier alpha value is -2.07. The smallest absolute Gasteiger partial charge is 0.145 e. The fourth-order valence-corrected chi connectivity index (χ4v) is 3.97. The normalized spacial score (nSPS) is 16.1. The van der Waals surface area contributed by atoms with Crippen LogP contribution in [0.4, 0.5) is 0 Å². The van der Waals surface area contributed by atoms with Gasteiger partial charge in [0.25, 0.3) is 0 Å². The second kappa shape index (κ2) is 9.23. The molecule has 3 rings (SSSR count). The number of nitrogens with zero attached hydrogens (tertiary/aromatic N) is 1. The molecule has 0 aliphatic carbocycles. The fraction of sp³-hybridized carbons (Fsp3) is 0.522. The molecule has 1 aromatic carbocycles. The van der Waals surface area contributed by atoms with Crippen LogP contribution in [0.5, 0.6) is 11.5 Å². The van der Waals surface area contributed by atoms with Crippen LogP contribution in [0, 0.1) is 5.92 Å². The van der Waals surface area contributed by atoms with Gasteiger partial charge in [-0.2, -0.15) is 0 Å². The molecule has 0 radical (unpaired) electrons. The number of fused-ring (bicyclic) bond motifs is 3. The van der Waals surface area contributed by atoms with Gasteiger partial charge in [0.2, 0.25) is 0 Å². The number of aromatic nitrogens is 1. The van der Waals surface area contributed by atoms with Crippen LogP contribution >= 0.6 is 0 Å². The fourth-order valence-electron chi connectivity index (χ4n) is 3.97. The summed E-state index contributed by atoms with van der Waals surface area (Å²) in [5.41, 5.74) is 3.51. The first-order valence-electron chi connectivity index (χ1n) is 9.99. The summed E-state index contributed by atoms with van der Waals surface area (Å²) >= 11 is 0. The Morgan fingerprint density at radius 1 is 1.22 bits per heavy atom. The van der Waals surface area contributed by atoms with Crippen molar-refractivity contribution in [1.29, 1.82) is 0 Å². The molecule has 0 fully saturated rings. The van der Waals surface area contributed by atoms with Crippen LogP contribution in [0.15, 0.2) is 30.5 Å². The second-order valence-electron chi connectivity index (χ2n) is 7.28. The monoisotopic (exact) mass is 369 g/mol. The first-order chi connectivity index (χ1) is 13.2. The number of ether oxygens (including phenoxy) is 3. The van der Waals surface area contributed by atoms with E-state index in [1.54, 1.807) is 7.11 Å². The van der Waals surface area contributed by atoms with Crippen LogP contribution in [0.25, 0.3) is 16.5 Å². The molecule has 1 aromatic heterocycles. The van der Waals surface area contributed by atoms with E-state index in [4.69, 9.17) is 14.2 Å². The molecule has 4 heteroatoms. The molecule has 2 heterocycles. The second-order valence-corrected chi connectivity index (χ2v) is 7.28. The number of pyridine rings is 1. The van der Waals surface area contributed by atoms with Crippen LogP contribution in [-0.2, 0) is 4.74 Å². The van der Waals surface area contributed by atoms with E-state index in [0.29, 0.717) is 12.5 Å². The highest BCUT2D eigenvalue weighted by molar-refractivity contribution is 5.95. The van der Waals surface area contributed by atoms with Gasteiger partial charge in [-0.3, -0.25) is 4.98 Å². The molecule has 146 valence electrons. The summed E-state index contributed by atoms with van der Waals surface area (Å²) in [6.45, 7) is 5.12. The van der Waals surface area contributed by atoms with Crippen LogP contribution in [0.2, 0.25) is 0 Å². The van der Waals surface area contributed by atoms with Gasteiger partial charge < -0.3 is 14.2 Å². The average Bonchev–Trinajstić information content (AvgIpc) is 2.92. The molecule has 0 saturated carbocycles. The number of hydrogen-bond donors (Lipinski definition) is 0. The van der Waals surface area contributed by atoms with Gasteiger partial charge in [-0.15, -0.1) is 0 Å². The zero-order chi connectivity index (χ0) is 19.2. The molecule has 1 aliphatic heterocycles. The van der Waals surface area contributed by atoms with E-state index < -0.39 is 0 Å². The van der Waals surface area contributed by atoms with Gasteiger partial charge in [-0.25, -0.2) is 0 Å². The molecule has 0 saturated heterocycles. The molecule has 1 aliphatic rings. The lowest BCUT2D eigenvalue weighted by Crippen LogP contribution is -2.19. The first kappa shape index (κ1) is 19.7. The Balaban J connectivity index is 1.95. The molecule has 0 amide bonds. The summed E-state index contributed by atoms with van der Waals surface area (Å²) < 4.78 is 17.1. The molecule has 27 heavy (non-hydrogen) atoms. The summed E-state index contributed by atoms with van der Waals surface area (Å²) in [5.74, 6) is 2.29. The van der Waals surface area contributed by atoms with Gasteiger partial charge in [-0.1, -0.05) is 19.4 Å². The zero-order valence-corrected chi connectivity index (χ0v) is 17.0. The van der Waals surface area contributed by atoms with Gasteiger partial charge in [0.15, 0.2) is 0 Å². The lowest BCUT2D eigenvalue weighted by atomic mass is 9.88. The third-order valence-electron chi connectivity index (χ3n) is 5.61. The SMILES string of the molecule is CCCC(CCC1=CCCOc2cnc3ccc(OC)cc3c21)C(C)OC. The van der Waals surface area contributed by atoms with E-state index in [1.807, 2.05) is 25.4 Å². The van der Waals surface area contributed by atoms with Crippen molar-refractivity contribution in [2.45, 2.75) is 52.1 Å². The third kappa shape index (κ3) is 4.44. The molecule has 4 nitrogen and oxygen atoms in total. The average molecular weight is 370 g/mol. The summed E-state index contributed by atoms with van der Waals surface area (Å²) in [7, 11) is 3.51. The minimum Gasteiger partial charge on any atom is -0.497 e. The minimum absolute atomic E-state index is 0.279. The maximum Gasteiger partial charge on any atom is 0.145 e. The van der Waals surface area contributed by atoms with E-state index in [1.165, 1.54) is 24.0 Å². The summed E-state index contributed by atoms with van der Waals surface area (Å²) in [6.07, 6.45) is 9.91. The van der Waals surface area contributed by atoms with Crippen molar-refractivity contribution in [3.8, 4) is 11.5 Å². The Morgan fingerprint density at radius 2 is 2.07 bits per heavy atom. The van der Waals surface area contributed by atoms with Crippen molar-refractivity contribution < 1.29 is 14.2 Å². The predicted octanol–water partition coefficient (Wildman–Crippen LogP) is 5.64. The molecule has 0 bridgehead atoms. The highest BCUT2D eigenvalue weighted by Crippen LogP contribution is 2.39. The van der Waals surface area contributed by atoms with Crippen molar-refractivity contribution in [2.24, 2.45) is 5.92 Å². The minimum atomic E-state index is 0.279. The van der Waals surface area contributed by atoms with E-state index in [-0.39, 0.29) is 6.10 Å². The lowest BCUT2D eigenvalue weighted by Gasteiger charge is -2.23. The number of benzene rings is 1. The highest BCUT2D eigenvalue weighted by Gasteiger charge is 2.21. The van der Waals surface area contributed by atoms with Crippen LogP contribution in [0.3, 0.4) is 0 Å². The van der Waals surface area contributed by atoms with Gasteiger partial charge in [0.05, 0.1) is 31.5 Å². The quantitative estimate of drug-likeness (QED) is 0.604. The molecular weight excluding hydrogens is 338 g/mol. The van der Waals surface area contributed by atoms with Crippen LogP contribution < -0.4 is 9.47 Å². The van der Waals surface area contributed by atoms with E-state index in [0.717, 1.165) is 41.7 Å². The van der Waals surface area contributed by atoms with Crippen molar-refractivity contribution in [1.82, 2.24) is 4.98 Å². The van der Waals surface area contributed by atoms with E-state index >= 15 is 0 Å². The van der Waals surface area contributed by atoms with Crippen LogP contribution in [-0.4, -0.2) is 31.9 Å². The Kier molecular flexibility index (Phi) is 6.73. The molecule has 0 spiro atoms. The number of allylic oxidation sites excluding steroid dienone is 1.